The van der Waals surface area contributed by atoms with Crippen LogP contribution in [0.25, 0.3) is 0 Å². The summed E-state index contributed by atoms with van der Waals surface area (Å²) in [4.78, 5) is 0. The van der Waals surface area contributed by atoms with Gasteiger partial charge in [-0.15, -0.1) is 0 Å². The molecular formula is C15H21N3O. The Hall–Kier alpha value is -1.81. The summed E-state index contributed by atoms with van der Waals surface area (Å²) < 4.78 is 7.67. The van der Waals surface area contributed by atoms with Crippen molar-refractivity contribution < 1.29 is 4.74 Å². The molecule has 0 radical (unpaired) electrons. The highest BCUT2D eigenvalue weighted by atomic mass is 16.5. The van der Waals surface area contributed by atoms with Crippen molar-refractivity contribution in [2.75, 3.05) is 6.54 Å². The van der Waals surface area contributed by atoms with Crippen LogP contribution in [0.15, 0.2) is 24.4 Å². The average Bonchev–Trinajstić information content (AvgIpc) is 2.74. The molecule has 0 aliphatic rings. The summed E-state index contributed by atoms with van der Waals surface area (Å²) in [6.07, 6.45) is 2.82. The van der Waals surface area contributed by atoms with E-state index in [2.05, 4.69) is 31.1 Å². The summed E-state index contributed by atoms with van der Waals surface area (Å²) in [5.74, 6) is 0.950. The maximum absolute atomic E-state index is 5.89. The average molecular weight is 259 g/mol. The lowest BCUT2D eigenvalue weighted by atomic mass is 10.0. The van der Waals surface area contributed by atoms with Crippen LogP contribution in [0.4, 0.5) is 0 Å². The lowest BCUT2D eigenvalue weighted by Crippen LogP contribution is -2.05. The minimum atomic E-state index is 0.499. The lowest BCUT2D eigenvalue weighted by molar-refractivity contribution is 0.296. The van der Waals surface area contributed by atoms with Crippen molar-refractivity contribution in [2.45, 2.75) is 26.9 Å². The van der Waals surface area contributed by atoms with Crippen molar-refractivity contribution >= 4 is 0 Å². The van der Waals surface area contributed by atoms with E-state index < -0.39 is 0 Å². The Morgan fingerprint density at radius 1 is 1.26 bits per heavy atom. The summed E-state index contributed by atoms with van der Waals surface area (Å²) in [5, 5.41) is 4.31. The number of ether oxygens (including phenoxy) is 1. The molecule has 0 aliphatic heterocycles. The van der Waals surface area contributed by atoms with Gasteiger partial charge >= 0.3 is 0 Å². The van der Waals surface area contributed by atoms with Crippen molar-refractivity contribution in [3.8, 4) is 5.75 Å². The molecule has 0 atom stereocenters. The molecule has 0 unspecified atom stereocenters. The van der Waals surface area contributed by atoms with E-state index in [1.54, 1.807) is 4.68 Å². The molecule has 0 aliphatic carbocycles. The van der Waals surface area contributed by atoms with Gasteiger partial charge in [0.05, 0.1) is 5.69 Å². The van der Waals surface area contributed by atoms with Crippen LogP contribution in [0.2, 0.25) is 0 Å². The number of nitrogens with two attached hydrogens (primary N) is 1. The zero-order chi connectivity index (χ0) is 13.8. The van der Waals surface area contributed by atoms with E-state index in [0.717, 1.165) is 29.0 Å². The molecule has 0 fully saturated rings. The SMILES string of the molecule is Cc1cc(CCN)cc(C)c1OCc1ccn(C)n1. The quantitative estimate of drug-likeness (QED) is 0.894. The Morgan fingerprint density at radius 2 is 1.95 bits per heavy atom. The lowest BCUT2D eigenvalue weighted by Gasteiger charge is -2.13. The van der Waals surface area contributed by atoms with Gasteiger partial charge < -0.3 is 10.5 Å². The fourth-order valence-corrected chi connectivity index (χ4v) is 2.26. The number of aryl methyl sites for hydroxylation is 3. The van der Waals surface area contributed by atoms with Crippen LogP contribution in [-0.2, 0) is 20.1 Å². The van der Waals surface area contributed by atoms with E-state index in [9.17, 15) is 0 Å². The maximum Gasteiger partial charge on any atom is 0.132 e. The molecule has 2 aromatic rings. The fourth-order valence-electron chi connectivity index (χ4n) is 2.26. The van der Waals surface area contributed by atoms with E-state index in [-0.39, 0.29) is 0 Å². The van der Waals surface area contributed by atoms with Crippen LogP contribution < -0.4 is 10.5 Å². The molecule has 19 heavy (non-hydrogen) atoms. The van der Waals surface area contributed by atoms with Crippen LogP contribution >= 0.6 is 0 Å². The maximum atomic E-state index is 5.89. The van der Waals surface area contributed by atoms with Crippen LogP contribution in [0, 0.1) is 13.8 Å². The van der Waals surface area contributed by atoms with Gasteiger partial charge in [-0.1, -0.05) is 12.1 Å². The van der Waals surface area contributed by atoms with Gasteiger partial charge in [0, 0.05) is 13.2 Å². The van der Waals surface area contributed by atoms with Crippen molar-refractivity contribution in [3.63, 3.8) is 0 Å². The summed E-state index contributed by atoms with van der Waals surface area (Å²) in [6.45, 7) is 5.31. The molecule has 0 saturated carbocycles. The van der Waals surface area contributed by atoms with E-state index in [0.29, 0.717) is 13.2 Å². The summed E-state index contributed by atoms with van der Waals surface area (Å²) in [6, 6.07) is 6.26. The number of hydrogen-bond donors (Lipinski definition) is 1. The number of benzene rings is 1. The second-order valence-electron chi connectivity index (χ2n) is 4.87. The first-order valence-corrected chi connectivity index (χ1v) is 6.51. The molecule has 1 heterocycles. The molecule has 102 valence electrons. The first kappa shape index (κ1) is 13.6. The Kier molecular flexibility index (Phi) is 4.22. The highest BCUT2D eigenvalue weighted by molar-refractivity contribution is 5.43. The number of aromatic nitrogens is 2. The topological polar surface area (TPSA) is 53.1 Å². The van der Waals surface area contributed by atoms with E-state index in [1.165, 1.54) is 5.56 Å². The molecule has 0 amide bonds. The Balaban J connectivity index is 2.11. The molecule has 1 aromatic carbocycles. The Labute approximate surface area is 114 Å². The summed E-state index contributed by atoms with van der Waals surface area (Å²) in [5.41, 5.74) is 10.1. The molecule has 1 aromatic heterocycles. The van der Waals surface area contributed by atoms with Gasteiger partial charge in [0.2, 0.25) is 0 Å². The van der Waals surface area contributed by atoms with Gasteiger partial charge in [0.15, 0.2) is 0 Å². The molecule has 0 bridgehead atoms. The van der Waals surface area contributed by atoms with Crippen LogP contribution in [0.3, 0.4) is 0 Å². The molecular weight excluding hydrogens is 238 g/mol. The largest absolute Gasteiger partial charge is 0.487 e. The van der Waals surface area contributed by atoms with Crippen LogP contribution in [0.5, 0.6) is 5.75 Å². The second kappa shape index (κ2) is 5.89. The molecule has 4 heteroatoms. The van der Waals surface area contributed by atoms with Gasteiger partial charge in [-0.2, -0.15) is 5.10 Å². The first-order valence-electron chi connectivity index (χ1n) is 6.51. The van der Waals surface area contributed by atoms with Gasteiger partial charge in [-0.05, 0) is 49.6 Å². The highest BCUT2D eigenvalue weighted by Gasteiger charge is 2.07. The smallest absolute Gasteiger partial charge is 0.132 e. The minimum absolute atomic E-state index is 0.499. The van der Waals surface area contributed by atoms with Gasteiger partial charge in [0.25, 0.3) is 0 Å². The van der Waals surface area contributed by atoms with Crippen molar-refractivity contribution in [2.24, 2.45) is 12.8 Å². The predicted octanol–water partition coefficient (Wildman–Crippen LogP) is 2.12. The van der Waals surface area contributed by atoms with E-state index in [4.69, 9.17) is 10.5 Å². The molecule has 2 N–H and O–H groups in total. The third kappa shape index (κ3) is 3.35. The highest BCUT2D eigenvalue weighted by Crippen LogP contribution is 2.25. The normalized spacial score (nSPS) is 10.7. The number of rotatable bonds is 5. The van der Waals surface area contributed by atoms with Crippen molar-refractivity contribution in [1.29, 1.82) is 0 Å². The minimum Gasteiger partial charge on any atom is -0.487 e. The fraction of sp³-hybridized carbons (Fsp3) is 0.400. The van der Waals surface area contributed by atoms with Gasteiger partial charge in [-0.25, -0.2) is 0 Å². The van der Waals surface area contributed by atoms with Crippen LogP contribution in [0.1, 0.15) is 22.4 Å². The molecule has 2 rings (SSSR count). The third-order valence-corrected chi connectivity index (χ3v) is 3.09. The monoisotopic (exact) mass is 259 g/mol. The number of hydrogen-bond acceptors (Lipinski definition) is 3. The molecule has 0 spiro atoms. The zero-order valence-electron chi connectivity index (χ0n) is 11.8. The van der Waals surface area contributed by atoms with Gasteiger partial charge in [-0.3, -0.25) is 4.68 Å². The Morgan fingerprint density at radius 3 is 2.47 bits per heavy atom. The number of nitrogens with zero attached hydrogens (tertiary/aromatic N) is 2. The van der Waals surface area contributed by atoms with E-state index >= 15 is 0 Å². The second-order valence-corrected chi connectivity index (χ2v) is 4.87. The molecule has 0 saturated heterocycles. The summed E-state index contributed by atoms with van der Waals surface area (Å²) >= 11 is 0. The zero-order valence-corrected chi connectivity index (χ0v) is 11.8. The first-order chi connectivity index (χ1) is 9.10. The van der Waals surface area contributed by atoms with Crippen LogP contribution in [-0.4, -0.2) is 16.3 Å². The van der Waals surface area contributed by atoms with E-state index in [1.807, 2.05) is 19.3 Å². The van der Waals surface area contributed by atoms with Crippen molar-refractivity contribution in [1.82, 2.24) is 9.78 Å². The summed E-state index contributed by atoms with van der Waals surface area (Å²) in [7, 11) is 1.90. The third-order valence-electron chi connectivity index (χ3n) is 3.09. The van der Waals surface area contributed by atoms with Gasteiger partial charge in [0.1, 0.15) is 12.4 Å². The molecule has 4 nitrogen and oxygen atoms in total. The predicted molar refractivity (Wildman–Crippen MR) is 76.2 cm³/mol. The van der Waals surface area contributed by atoms with Crippen molar-refractivity contribution in [3.05, 3.63) is 46.8 Å². The standard InChI is InChI=1S/C15H21N3O/c1-11-8-13(4-6-16)9-12(2)15(11)19-10-14-5-7-18(3)17-14/h5,7-9H,4,6,10,16H2,1-3H3. The Bertz CT molecular complexity index is 537.